The highest BCUT2D eigenvalue weighted by Gasteiger charge is 2.42. The third-order valence-electron chi connectivity index (χ3n) is 6.26. The van der Waals surface area contributed by atoms with Crippen LogP contribution in [0.15, 0.2) is 83.7 Å². The summed E-state index contributed by atoms with van der Waals surface area (Å²) >= 11 is 5.86. The van der Waals surface area contributed by atoms with E-state index in [9.17, 15) is 4.79 Å². The molecule has 1 amide bonds. The smallest absolute Gasteiger partial charge is 0.224 e. The number of nitrogens with one attached hydrogen (secondary N) is 2. The van der Waals surface area contributed by atoms with Crippen molar-refractivity contribution in [3.05, 3.63) is 102 Å². The number of benzene rings is 1. The average Bonchev–Trinajstić information content (AvgIpc) is 3.61. The number of furan rings is 1. The van der Waals surface area contributed by atoms with Gasteiger partial charge in [0.15, 0.2) is 5.11 Å². The number of pyridine rings is 1. The van der Waals surface area contributed by atoms with Gasteiger partial charge in [-0.2, -0.15) is 0 Å². The Kier molecular flexibility index (Phi) is 6.37. The molecule has 1 aromatic carbocycles. The van der Waals surface area contributed by atoms with Crippen molar-refractivity contribution >= 4 is 34.6 Å². The fourth-order valence-electron chi connectivity index (χ4n) is 4.52. The summed E-state index contributed by atoms with van der Waals surface area (Å²) in [6.45, 7) is 4.45. The second-order valence-corrected chi connectivity index (χ2v) is 8.92. The topological polar surface area (TPSA) is 75.3 Å². The van der Waals surface area contributed by atoms with Gasteiger partial charge in [-0.3, -0.25) is 9.78 Å². The Hall–Kier alpha value is -3.91. The van der Waals surface area contributed by atoms with Crippen LogP contribution in [-0.4, -0.2) is 20.6 Å². The summed E-state index contributed by atoms with van der Waals surface area (Å²) < 4.78 is 7.80. The molecular weight excluding hydrogens is 458 g/mol. The van der Waals surface area contributed by atoms with Crippen molar-refractivity contribution in [3.63, 3.8) is 0 Å². The van der Waals surface area contributed by atoms with Crippen molar-refractivity contribution in [3.8, 4) is 0 Å². The number of hydrogen-bond donors (Lipinski definition) is 2. The van der Waals surface area contributed by atoms with Gasteiger partial charge in [-0.05, 0) is 79.3 Å². The van der Waals surface area contributed by atoms with Crippen LogP contribution < -0.4 is 15.5 Å². The van der Waals surface area contributed by atoms with Crippen molar-refractivity contribution in [2.24, 2.45) is 0 Å². The highest BCUT2D eigenvalue weighted by atomic mass is 32.1. The molecule has 8 heteroatoms. The van der Waals surface area contributed by atoms with Crippen LogP contribution in [0.2, 0.25) is 0 Å². The number of aryl methyl sites for hydroxylation is 1. The molecule has 35 heavy (non-hydrogen) atoms. The first-order valence-electron chi connectivity index (χ1n) is 11.6. The number of aromatic nitrogens is 2. The summed E-state index contributed by atoms with van der Waals surface area (Å²) in [6.07, 6.45) is 5.98. The average molecular weight is 486 g/mol. The van der Waals surface area contributed by atoms with Crippen molar-refractivity contribution < 1.29 is 9.21 Å². The van der Waals surface area contributed by atoms with Crippen LogP contribution in [0.3, 0.4) is 0 Å². The second-order valence-electron chi connectivity index (χ2n) is 8.54. The zero-order valence-corrected chi connectivity index (χ0v) is 20.5. The van der Waals surface area contributed by atoms with Gasteiger partial charge in [0, 0.05) is 35.9 Å². The molecular formula is C27H27N5O2S. The Morgan fingerprint density at radius 3 is 2.77 bits per heavy atom. The predicted molar refractivity (Wildman–Crippen MR) is 140 cm³/mol. The zero-order valence-electron chi connectivity index (χ0n) is 19.6. The molecule has 178 valence electrons. The highest BCUT2D eigenvalue weighted by Crippen LogP contribution is 2.42. The Morgan fingerprint density at radius 1 is 1.17 bits per heavy atom. The molecule has 2 atom stereocenters. The molecule has 2 unspecified atom stereocenters. The van der Waals surface area contributed by atoms with E-state index in [1.54, 1.807) is 12.5 Å². The van der Waals surface area contributed by atoms with Crippen molar-refractivity contribution in [2.75, 3.05) is 10.2 Å². The lowest BCUT2D eigenvalue weighted by Gasteiger charge is -2.29. The van der Waals surface area contributed by atoms with E-state index >= 15 is 0 Å². The largest absolute Gasteiger partial charge is 0.467 e. The van der Waals surface area contributed by atoms with E-state index in [0.29, 0.717) is 18.1 Å². The normalized spacial score (nSPS) is 17.4. The summed E-state index contributed by atoms with van der Waals surface area (Å²) in [5, 5.41) is 7.10. The van der Waals surface area contributed by atoms with E-state index in [0.717, 1.165) is 34.1 Å². The lowest BCUT2D eigenvalue weighted by atomic mass is 10.0. The van der Waals surface area contributed by atoms with Crippen LogP contribution in [0.1, 0.15) is 48.1 Å². The van der Waals surface area contributed by atoms with Gasteiger partial charge in [0.05, 0.1) is 24.5 Å². The van der Waals surface area contributed by atoms with E-state index in [-0.39, 0.29) is 18.0 Å². The quantitative estimate of drug-likeness (QED) is 0.343. The minimum atomic E-state index is -0.145. The molecule has 7 nitrogen and oxygen atoms in total. The third kappa shape index (κ3) is 4.57. The standard InChI is InChI=1S/C27H27N5O2S/c1-3-24(33)29-21-12-11-19(16-18(21)2)32-26(25(30-27(32)35)22-9-4-5-13-28-22)23-10-6-14-31(23)17-20-8-7-15-34-20/h4-16,25-26H,3,17H2,1-2H3,(H,29,33)(H,30,35). The summed E-state index contributed by atoms with van der Waals surface area (Å²) in [5.74, 6) is 0.867. The van der Waals surface area contributed by atoms with Gasteiger partial charge in [0.1, 0.15) is 11.8 Å². The zero-order chi connectivity index (χ0) is 24.4. The summed E-state index contributed by atoms with van der Waals surface area (Å²) in [5.41, 5.74) is 4.72. The number of thiocarbonyl (C=S) groups is 1. The molecule has 1 saturated heterocycles. The minimum absolute atomic E-state index is 0.0111. The van der Waals surface area contributed by atoms with Crippen LogP contribution in [0, 0.1) is 6.92 Å². The number of rotatable bonds is 7. The molecule has 3 aromatic heterocycles. The number of carbonyl (C=O) groups is 1. The maximum atomic E-state index is 11.9. The van der Waals surface area contributed by atoms with Crippen LogP contribution in [0.4, 0.5) is 11.4 Å². The Morgan fingerprint density at radius 2 is 2.06 bits per heavy atom. The molecule has 1 aliphatic heterocycles. The molecule has 0 saturated carbocycles. The molecule has 5 rings (SSSR count). The van der Waals surface area contributed by atoms with Crippen molar-refractivity contribution in [2.45, 2.75) is 38.9 Å². The van der Waals surface area contributed by atoms with E-state index < -0.39 is 0 Å². The Labute approximate surface area is 209 Å². The Bertz CT molecular complexity index is 1330. The second kappa shape index (κ2) is 9.76. The van der Waals surface area contributed by atoms with Gasteiger partial charge < -0.3 is 24.5 Å². The van der Waals surface area contributed by atoms with Gasteiger partial charge in [-0.15, -0.1) is 0 Å². The fourth-order valence-corrected chi connectivity index (χ4v) is 4.87. The number of hydrogen-bond acceptors (Lipinski definition) is 4. The number of carbonyl (C=O) groups excluding carboxylic acids is 1. The maximum Gasteiger partial charge on any atom is 0.224 e. The van der Waals surface area contributed by atoms with Gasteiger partial charge in [0.2, 0.25) is 5.91 Å². The fraction of sp³-hybridized carbons (Fsp3) is 0.222. The molecule has 0 bridgehead atoms. The van der Waals surface area contributed by atoms with Crippen LogP contribution >= 0.6 is 12.2 Å². The molecule has 0 radical (unpaired) electrons. The first-order chi connectivity index (χ1) is 17.0. The monoisotopic (exact) mass is 485 g/mol. The summed E-state index contributed by atoms with van der Waals surface area (Å²) in [4.78, 5) is 18.7. The van der Waals surface area contributed by atoms with Crippen LogP contribution in [0.5, 0.6) is 0 Å². The molecule has 0 aliphatic carbocycles. The van der Waals surface area contributed by atoms with Crippen LogP contribution in [-0.2, 0) is 11.3 Å². The number of anilines is 2. The Balaban J connectivity index is 1.56. The predicted octanol–water partition coefficient (Wildman–Crippen LogP) is 5.36. The molecule has 0 spiro atoms. The molecule has 4 aromatic rings. The first kappa shape index (κ1) is 22.9. The highest BCUT2D eigenvalue weighted by molar-refractivity contribution is 7.80. The van der Waals surface area contributed by atoms with E-state index in [1.807, 2.05) is 62.4 Å². The van der Waals surface area contributed by atoms with Gasteiger partial charge >= 0.3 is 0 Å². The van der Waals surface area contributed by atoms with E-state index in [4.69, 9.17) is 16.6 Å². The lowest BCUT2D eigenvalue weighted by Crippen LogP contribution is -2.30. The molecule has 1 fully saturated rings. The van der Waals surface area contributed by atoms with Gasteiger partial charge in [-0.25, -0.2) is 0 Å². The van der Waals surface area contributed by atoms with Crippen LogP contribution in [0.25, 0.3) is 0 Å². The number of nitrogens with zero attached hydrogens (tertiary/aromatic N) is 3. The minimum Gasteiger partial charge on any atom is -0.467 e. The van der Waals surface area contributed by atoms with Crippen molar-refractivity contribution in [1.29, 1.82) is 0 Å². The first-order valence-corrected chi connectivity index (χ1v) is 12.0. The molecule has 4 heterocycles. The SMILES string of the molecule is CCC(=O)Nc1ccc(N2C(=S)NC(c3ccccn3)C2c2cccn2Cc2ccco2)cc1C. The summed E-state index contributed by atoms with van der Waals surface area (Å²) in [7, 11) is 0. The van der Waals surface area contributed by atoms with E-state index in [2.05, 4.69) is 43.4 Å². The summed E-state index contributed by atoms with van der Waals surface area (Å²) in [6, 6.07) is 19.7. The van der Waals surface area contributed by atoms with E-state index in [1.165, 1.54) is 0 Å². The molecule has 2 N–H and O–H groups in total. The van der Waals surface area contributed by atoms with Gasteiger partial charge in [0.25, 0.3) is 0 Å². The number of amides is 1. The molecule has 1 aliphatic rings. The van der Waals surface area contributed by atoms with Crippen molar-refractivity contribution in [1.82, 2.24) is 14.9 Å². The lowest BCUT2D eigenvalue weighted by molar-refractivity contribution is -0.115. The van der Waals surface area contributed by atoms with Gasteiger partial charge in [-0.1, -0.05) is 13.0 Å². The maximum absolute atomic E-state index is 11.9. The third-order valence-corrected chi connectivity index (χ3v) is 6.57.